The number of nitrogens with one attached hydrogen (secondary N) is 2. The number of aromatic nitrogens is 2. The van der Waals surface area contributed by atoms with Crippen molar-refractivity contribution in [1.29, 1.82) is 0 Å². The number of nitrogens with two attached hydrogens (primary N) is 1. The first kappa shape index (κ1) is 11.3. The third-order valence-electron chi connectivity index (χ3n) is 2.41. The molecule has 2 rings (SSSR count). The number of anilines is 1. The third kappa shape index (κ3) is 2.92. The first-order chi connectivity index (χ1) is 8.29. The van der Waals surface area contributed by atoms with E-state index in [9.17, 15) is 4.79 Å². The molecule has 0 radical (unpaired) electrons. The quantitative estimate of drug-likeness (QED) is 0.737. The zero-order valence-corrected chi connectivity index (χ0v) is 9.31. The third-order valence-corrected chi connectivity index (χ3v) is 2.41. The first-order valence-corrected chi connectivity index (χ1v) is 5.39. The molecule has 0 unspecified atom stereocenters. The minimum Gasteiger partial charge on any atom is -0.330 e. The van der Waals surface area contributed by atoms with Crippen LogP contribution in [0.3, 0.4) is 0 Å². The number of nitrogens with zero attached hydrogens (tertiary/aromatic N) is 1. The van der Waals surface area contributed by atoms with E-state index < -0.39 is 0 Å². The summed E-state index contributed by atoms with van der Waals surface area (Å²) in [5, 5.41) is 9.10. The van der Waals surface area contributed by atoms with Crippen LogP contribution in [0.1, 0.15) is 15.9 Å². The van der Waals surface area contributed by atoms with Gasteiger partial charge in [-0.3, -0.25) is 9.89 Å². The Balaban J connectivity index is 2.01. The summed E-state index contributed by atoms with van der Waals surface area (Å²) in [4.78, 5) is 11.7. The molecule has 4 N–H and O–H groups in total. The monoisotopic (exact) mass is 230 g/mol. The second-order valence-corrected chi connectivity index (χ2v) is 3.68. The Morgan fingerprint density at radius 1 is 1.35 bits per heavy atom. The van der Waals surface area contributed by atoms with E-state index in [1.54, 1.807) is 6.20 Å². The maximum absolute atomic E-state index is 11.7. The van der Waals surface area contributed by atoms with E-state index in [4.69, 9.17) is 5.73 Å². The van der Waals surface area contributed by atoms with Crippen LogP contribution in [0.25, 0.3) is 0 Å². The predicted molar refractivity (Wildman–Crippen MR) is 65.7 cm³/mol. The van der Waals surface area contributed by atoms with Crippen molar-refractivity contribution < 1.29 is 4.79 Å². The van der Waals surface area contributed by atoms with Crippen LogP contribution in [0.15, 0.2) is 36.7 Å². The molecule has 2 aromatic rings. The number of rotatable bonds is 4. The van der Waals surface area contributed by atoms with Crippen molar-refractivity contribution in [3.05, 3.63) is 47.8 Å². The highest BCUT2D eigenvalue weighted by molar-refractivity contribution is 6.03. The lowest BCUT2D eigenvalue weighted by atomic mass is 10.1. The van der Waals surface area contributed by atoms with Gasteiger partial charge in [0, 0.05) is 11.9 Å². The zero-order chi connectivity index (χ0) is 12.1. The van der Waals surface area contributed by atoms with Gasteiger partial charge in [-0.05, 0) is 30.7 Å². The molecule has 1 heterocycles. The van der Waals surface area contributed by atoms with Gasteiger partial charge in [0.15, 0.2) is 0 Å². The Morgan fingerprint density at radius 3 is 2.71 bits per heavy atom. The smallest absolute Gasteiger partial charge is 0.258 e. The van der Waals surface area contributed by atoms with Gasteiger partial charge in [0.05, 0.1) is 11.8 Å². The Kier molecular flexibility index (Phi) is 3.52. The second kappa shape index (κ2) is 5.27. The summed E-state index contributed by atoms with van der Waals surface area (Å²) < 4.78 is 0. The van der Waals surface area contributed by atoms with Crippen molar-refractivity contribution in [1.82, 2.24) is 10.2 Å². The van der Waals surface area contributed by atoms with E-state index in [0.29, 0.717) is 12.1 Å². The van der Waals surface area contributed by atoms with Crippen molar-refractivity contribution in [3.8, 4) is 0 Å². The minimum absolute atomic E-state index is 0.176. The summed E-state index contributed by atoms with van der Waals surface area (Å²) in [6.07, 6.45) is 3.88. The maximum atomic E-state index is 11.7. The average molecular weight is 230 g/mol. The Morgan fingerprint density at radius 2 is 2.12 bits per heavy atom. The Hall–Kier alpha value is -2.14. The highest BCUT2D eigenvalue weighted by Gasteiger charge is 2.06. The van der Waals surface area contributed by atoms with E-state index in [0.717, 1.165) is 17.7 Å². The fourth-order valence-electron chi connectivity index (χ4n) is 1.50. The average Bonchev–Trinajstić information content (AvgIpc) is 2.86. The van der Waals surface area contributed by atoms with Gasteiger partial charge >= 0.3 is 0 Å². The number of carbonyl (C=O) groups excluding carboxylic acids is 1. The summed E-state index contributed by atoms with van der Waals surface area (Å²) in [6.45, 7) is 0.626. The summed E-state index contributed by atoms with van der Waals surface area (Å²) in [6, 6.07) is 7.64. The Bertz CT molecular complexity index is 476. The highest BCUT2D eigenvalue weighted by atomic mass is 16.1. The second-order valence-electron chi connectivity index (χ2n) is 3.68. The number of amides is 1. The largest absolute Gasteiger partial charge is 0.330 e. The summed E-state index contributed by atoms with van der Waals surface area (Å²) in [5.41, 5.74) is 7.90. The molecule has 5 heteroatoms. The van der Waals surface area contributed by atoms with Gasteiger partial charge in [-0.2, -0.15) is 5.10 Å². The lowest BCUT2D eigenvalue weighted by Crippen LogP contribution is -2.11. The van der Waals surface area contributed by atoms with E-state index in [1.807, 2.05) is 24.3 Å². The molecule has 0 aliphatic carbocycles. The van der Waals surface area contributed by atoms with Crippen LogP contribution in [-0.4, -0.2) is 22.6 Å². The normalized spacial score (nSPS) is 10.2. The molecule has 0 aliphatic rings. The van der Waals surface area contributed by atoms with Crippen LogP contribution in [0.5, 0.6) is 0 Å². The van der Waals surface area contributed by atoms with Crippen LogP contribution in [0.4, 0.5) is 5.69 Å². The van der Waals surface area contributed by atoms with Gasteiger partial charge in [0.1, 0.15) is 0 Å². The topological polar surface area (TPSA) is 83.8 Å². The zero-order valence-electron chi connectivity index (χ0n) is 9.31. The van der Waals surface area contributed by atoms with Crippen molar-refractivity contribution in [3.63, 3.8) is 0 Å². The molecule has 0 spiro atoms. The van der Waals surface area contributed by atoms with Gasteiger partial charge in [-0.15, -0.1) is 0 Å². The summed E-state index contributed by atoms with van der Waals surface area (Å²) in [7, 11) is 0. The molecule has 0 fully saturated rings. The molecule has 1 aromatic heterocycles. The van der Waals surface area contributed by atoms with Crippen molar-refractivity contribution in [2.24, 2.45) is 5.73 Å². The molecule has 88 valence electrons. The summed E-state index contributed by atoms with van der Waals surface area (Å²) >= 11 is 0. The SMILES string of the molecule is NCCc1ccc(NC(=O)c2cn[nH]c2)cc1. The number of benzene rings is 1. The van der Waals surface area contributed by atoms with Crippen molar-refractivity contribution >= 4 is 11.6 Å². The molecule has 0 atom stereocenters. The first-order valence-electron chi connectivity index (χ1n) is 5.39. The minimum atomic E-state index is -0.176. The van der Waals surface area contributed by atoms with Gasteiger partial charge in [0.2, 0.25) is 0 Å². The molecule has 17 heavy (non-hydrogen) atoms. The number of aromatic amines is 1. The molecular weight excluding hydrogens is 216 g/mol. The Labute approximate surface area is 99.0 Å². The van der Waals surface area contributed by atoms with E-state index in [-0.39, 0.29) is 5.91 Å². The van der Waals surface area contributed by atoms with Gasteiger partial charge in [-0.25, -0.2) is 0 Å². The molecule has 5 nitrogen and oxygen atoms in total. The summed E-state index contributed by atoms with van der Waals surface area (Å²) in [5.74, 6) is -0.176. The standard InChI is InChI=1S/C12H14N4O/c13-6-5-9-1-3-11(4-2-9)16-12(17)10-7-14-15-8-10/h1-4,7-8H,5-6,13H2,(H,14,15)(H,16,17). The van der Waals surface area contributed by atoms with Crippen LogP contribution < -0.4 is 11.1 Å². The van der Waals surface area contributed by atoms with E-state index in [2.05, 4.69) is 15.5 Å². The van der Waals surface area contributed by atoms with E-state index in [1.165, 1.54) is 6.20 Å². The maximum Gasteiger partial charge on any atom is 0.258 e. The van der Waals surface area contributed by atoms with Gasteiger partial charge < -0.3 is 11.1 Å². The number of carbonyl (C=O) groups is 1. The van der Waals surface area contributed by atoms with Gasteiger partial charge in [0.25, 0.3) is 5.91 Å². The lowest BCUT2D eigenvalue weighted by molar-refractivity contribution is 0.102. The predicted octanol–water partition coefficient (Wildman–Crippen LogP) is 1.16. The fourth-order valence-corrected chi connectivity index (χ4v) is 1.50. The molecule has 0 saturated carbocycles. The fraction of sp³-hybridized carbons (Fsp3) is 0.167. The lowest BCUT2D eigenvalue weighted by Gasteiger charge is -2.04. The van der Waals surface area contributed by atoms with Crippen LogP contribution in [-0.2, 0) is 6.42 Å². The van der Waals surface area contributed by atoms with E-state index >= 15 is 0 Å². The molecule has 1 aromatic carbocycles. The van der Waals surface area contributed by atoms with Crippen LogP contribution in [0, 0.1) is 0 Å². The number of H-pyrrole nitrogens is 1. The molecule has 0 bridgehead atoms. The molecule has 1 amide bonds. The van der Waals surface area contributed by atoms with Crippen LogP contribution >= 0.6 is 0 Å². The molecule has 0 aliphatic heterocycles. The van der Waals surface area contributed by atoms with Crippen molar-refractivity contribution in [2.75, 3.05) is 11.9 Å². The van der Waals surface area contributed by atoms with Crippen LogP contribution in [0.2, 0.25) is 0 Å². The molecule has 0 saturated heterocycles. The number of hydrogen-bond acceptors (Lipinski definition) is 3. The number of hydrogen-bond donors (Lipinski definition) is 3. The van der Waals surface area contributed by atoms with Gasteiger partial charge in [-0.1, -0.05) is 12.1 Å². The van der Waals surface area contributed by atoms with Crippen molar-refractivity contribution in [2.45, 2.75) is 6.42 Å². The highest BCUT2D eigenvalue weighted by Crippen LogP contribution is 2.11. The molecular formula is C12H14N4O.